The van der Waals surface area contributed by atoms with Crippen LogP contribution < -0.4 is 15.4 Å². The Kier molecular flexibility index (Phi) is 4.02. The molecule has 0 bridgehead atoms. The summed E-state index contributed by atoms with van der Waals surface area (Å²) in [6.45, 7) is 0.459. The molecule has 1 aliphatic rings. The minimum atomic E-state index is -0.263. The predicted octanol–water partition coefficient (Wildman–Crippen LogP) is 1.93. The molecule has 23 heavy (non-hydrogen) atoms. The van der Waals surface area contributed by atoms with Crippen molar-refractivity contribution < 1.29 is 14.3 Å². The molecule has 0 spiro atoms. The number of carbonyl (C=O) groups is 2. The summed E-state index contributed by atoms with van der Waals surface area (Å²) < 4.78 is 5.80. The molecule has 0 radical (unpaired) electrons. The maximum Gasteiger partial charge on any atom is 0.254 e. The third-order valence-corrected chi connectivity index (χ3v) is 4.05. The number of hydrogen-bond acceptors (Lipinski definition) is 3. The Hall–Kier alpha value is -2.82. The van der Waals surface area contributed by atoms with Crippen LogP contribution >= 0.6 is 0 Å². The van der Waals surface area contributed by atoms with Gasteiger partial charge >= 0.3 is 0 Å². The predicted molar refractivity (Wildman–Crippen MR) is 87.0 cm³/mol. The van der Waals surface area contributed by atoms with Crippen LogP contribution in [0.3, 0.4) is 0 Å². The molecule has 2 amide bonds. The van der Waals surface area contributed by atoms with E-state index in [1.807, 2.05) is 36.4 Å². The molecule has 3 rings (SSSR count). The van der Waals surface area contributed by atoms with Crippen molar-refractivity contribution in [3.8, 4) is 5.75 Å². The lowest BCUT2D eigenvalue weighted by molar-refractivity contribution is 0.0960. The van der Waals surface area contributed by atoms with Gasteiger partial charge < -0.3 is 15.4 Å². The van der Waals surface area contributed by atoms with E-state index in [4.69, 9.17) is 4.74 Å². The molecule has 0 saturated heterocycles. The van der Waals surface area contributed by atoms with Crippen LogP contribution in [0.5, 0.6) is 5.75 Å². The van der Waals surface area contributed by atoms with Crippen molar-refractivity contribution in [2.24, 2.45) is 0 Å². The van der Waals surface area contributed by atoms with Gasteiger partial charge in [0.05, 0.1) is 12.2 Å². The summed E-state index contributed by atoms with van der Waals surface area (Å²) in [6.07, 6.45) is 0. The fourth-order valence-corrected chi connectivity index (χ4v) is 2.87. The van der Waals surface area contributed by atoms with Gasteiger partial charge in [0.15, 0.2) is 0 Å². The van der Waals surface area contributed by atoms with Crippen LogP contribution in [-0.2, 0) is 0 Å². The van der Waals surface area contributed by atoms with Crippen molar-refractivity contribution in [3.05, 3.63) is 64.7 Å². The zero-order valence-corrected chi connectivity index (χ0v) is 13.1. The largest absolute Gasteiger partial charge is 0.491 e. The number of fused-ring (bicyclic) bond motifs is 1. The smallest absolute Gasteiger partial charge is 0.254 e. The molecular formula is C18H18N2O3. The van der Waals surface area contributed by atoms with Gasteiger partial charge in [-0.3, -0.25) is 9.59 Å². The van der Waals surface area contributed by atoms with Gasteiger partial charge in [-0.05, 0) is 17.7 Å². The Balaban J connectivity index is 2.15. The monoisotopic (exact) mass is 310 g/mol. The second-order valence-electron chi connectivity index (χ2n) is 5.37. The van der Waals surface area contributed by atoms with Crippen molar-refractivity contribution in [1.82, 2.24) is 10.6 Å². The number of nitrogens with one attached hydrogen (secondary N) is 2. The number of ether oxygens (including phenoxy) is 1. The molecule has 0 aromatic heterocycles. The van der Waals surface area contributed by atoms with Crippen molar-refractivity contribution in [2.75, 3.05) is 20.7 Å². The fourth-order valence-electron chi connectivity index (χ4n) is 2.87. The molecule has 118 valence electrons. The Morgan fingerprint density at radius 2 is 1.74 bits per heavy atom. The van der Waals surface area contributed by atoms with E-state index in [-0.39, 0.29) is 17.7 Å². The zero-order valence-electron chi connectivity index (χ0n) is 13.1. The van der Waals surface area contributed by atoms with E-state index in [9.17, 15) is 9.59 Å². The molecule has 1 aliphatic heterocycles. The van der Waals surface area contributed by atoms with Crippen molar-refractivity contribution >= 4 is 11.8 Å². The summed E-state index contributed by atoms with van der Waals surface area (Å²) in [4.78, 5) is 24.2. The third kappa shape index (κ3) is 2.65. The van der Waals surface area contributed by atoms with Crippen LogP contribution in [0.4, 0.5) is 0 Å². The second-order valence-corrected chi connectivity index (χ2v) is 5.37. The minimum Gasteiger partial charge on any atom is -0.491 e. The van der Waals surface area contributed by atoms with Gasteiger partial charge in [0.25, 0.3) is 11.8 Å². The average Bonchev–Trinajstić information content (AvgIpc) is 3.04. The van der Waals surface area contributed by atoms with E-state index in [1.54, 1.807) is 20.2 Å². The number of hydrogen-bond donors (Lipinski definition) is 2. The lowest BCUT2D eigenvalue weighted by Crippen LogP contribution is -2.22. The van der Waals surface area contributed by atoms with Gasteiger partial charge in [0, 0.05) is 31.1 Å². The normalized spacial score (nSPS) is 15.5. The SMILES string of the molecule is CNC(=O)c1cc(C(=O)NC)c2c(c1)[C@H](c1ccccc1)CO2. The third-order valence-electron chi connectivity index (χ3n) is 4.05. The van der Waals surface area contributed by atoms with Gasteiger partial charge in [0.1, 0.15) is 5.75 Å². The molecule has 1 atom stereocenters. The Labute approximate surface area is 134 Å². The van der Waals surface area contributed by atoms with Crippen LogP contribution in [0, 0.1) is 0 Å². The van der Waals surface area contributed by atoms with E-state index in [0.29, 0.717) is 23.5 Å². The summed E-state index contributed by atoms with van der Waals surface area (Å²) >= 11 is 0. The summed E-state index contributed by atoms with van der Waals surface area (Å²) in [5.74, 6) is 0.0856. The van der Waals surface area contributed by atoms with Crippen LogP contribution in [0.1, 0.15) is 37.8 Å². The van der Waals surface area contributed by atoms with E-state index in [0.717, 1.165) is 11.1 Å². The number of amides is 2. The first-order valence-corrected chi connectivity index (χ1v) is 7.45. The maximum atomic E-state index is 12.2. The second kappa shape index (κ2) is 6.12. The van der Waals surface area contributed by atoms with Crippen LogP contribution in [-0.4, -0.2) is 32.5 Å². The fraction of sp³-hybridized carbons (Fsp3) is 0.222. The molecule has 5 heteroatoms. The molecular weight excluding hydrogens is 292 g/mol. The van der Waals surface area contributed by atoms with Crippen molar-refractivity contribution in [3.63, 3.8) is 0 Å². The Bertz CT molecular complexity index is 756. The minimum absolute atomic E-state index is 0.0132. The molecule has 2 aromatic carbocycles. The van der Waals surface area contributed by atoms with Gasteiger partial charge in [-0.1, -0.05) is 30.3 Å². The standard InChI is InChI=1S/C18H18N2O3/c1-19-17(21)12-8-13-15(11-6-4-3-5-7-11)10-23-16(13)14(9-12)18(22)20-2/h3-9,15H,10H2,1-2H3,(H,19,21)(H,20,22)/t15-/m0/s1. The van der Waals surface area contributed by atoms with Crippen LogP contribution in [0.2, 0.25) is 0 Å². The molecule has 1 heterocycles. The first-order chi connectivity index (χ1) is 11.2. The average molecular weight is 310 g/mol. The van der Waals surface area contributed by atoms with Crippen molar-refractivity contribution in [1.29, 1.82) is 0 Å². The summed E-state index contributed by atoms with van der Waals surface area (Å²) in [6, 6.07) is 13.3. The van der Waals surface area contributed by atoms with Crippen LogP contribution in [0.15, 0.2) is 42.5 Å². The lowest BCUT2D eigenvalue weighted by atomic mass is 9.90. The van der Waals surface area contributed by atoms with E-state index >= 15 is 0 Å². The van der Waals surface area contributed by atoms with Gasteiger partial charge in [0.2, 0.25) is 0 Å². The van der Waals surface area contributed by atoms with E-state index in [2.05, 4.69) is 10.6 Å². The molecule has 0 unspecified atom stereocenters. The highest BCUT2D eigenvalue weighted by Gasteiger charge is 2.31. The first kappa shape index (κ1) is 15.1. The Morgan fingerprint density at radius 1 is 1.04 bits per heavy atom. The number of benzene rings is 2. The summed E-state index contributed by atoms with van der Waals surface area (Å²) in [7, 11) is 3.13. The van der Waals surface area contributed by atoms with Gasteiger partial charge in [-0.25, -0.2) is 0 Å². The molecule has 0 fully saturated rings. The number of carbonyl (C=O) groups excluding carboxylic acids is 2. The molecule has 0 aliphatic carbocycles. The highest BCUT2D eigenvalue weighted by molar-refractivity contribution is 6.02. The molecule has 5 nitrogen and oxygen atoms in total. The highest BCUT2D eigenvalue weighted by atomic mass is 16.5. The van der Waals surface area contributed by atoms with Gasteiger partial charge in [-0.2, -0.15) is 0 Å². The number of rotatable bonds is 3. The summed E-state index contributed by atoms with van der Waals surface area (Å²) in [5.41, 5.74) is 2.82. The Morgan fingerprint density at radius 3 is 2.39 bits per heavy atom. The van der Waals surface area contributed by atoms with Gasteiger partial charge in [-0.15, -0.1) is 0 Å². The topological polar surface area (TPSA) is 67.4 Å². The molecule has 0 saturated carbocycles. The summed E-state index contributed by atoms with van der Waals surface area (Å²) in [5, 5.41) is 5.20. The maximum absolute atomic E-state index is 12.2. The first-order valence-electron chi connectivity index (χ1n) is 7.45. The lowest BCUT2D eigenvalue weighted by Gasteiger charge is -2.12. The molecule has 2 N–H and O–H groups in total. The van der Waals surface area contributed by atoms with Crippen molar-refractivity contribution in [2.45, 2.75) is 5.92 Å². The van der Waals surface area contributed by atoms with E-state index < -0.39 is 0 Å². The quantitative estimate of drug-likeness (QED) is 0.910. The highest BCUT2D eigenvalue weighted by Crippen LogP contribution is 2.41. The zero-order chi connectivity index (χ0) is 16.4. The molecule has 2 aromatic rings. The van der Waals surface area contributed by atoms with E-state index in [1.165, 1.54) is 0 Å². The van der Waals surface area contributed by atoms with Crippen LogP contribution in [0.25, 0.3) is 0 Å².